The fourth-order valence-electron chi connectivity index (χ4n) is 1.11. The quantitative estimate of drug-likeness (QED) is 0.814. The minimum Gasteiger partial charge on any atom is -0.350 e. The van der Waals surface area contributed by atoms with Crippen LogP contribution in [0.15, 0.2) is 24.4 Å². The first-order chi connectivity index (χ1) is 7.11. The van der Waals surface area contributed by atoms with Crippen molar-refractivity contribution in [3.05, 3.63) is 37.0 Å². The van der Waals surface area contributed by atoms with E-state index >= 15 is 0 Å². The predicted octanol–water partition coefficient (Wildman–Crippen LogP) is 1.80. The summed E-state index contributed by atoms with van der Waals surface area (Å²) in [5.74, 6) is 0.0399. The average molecular weight is 205 g/mol. The van der Waals surface area contributed by atoms with Gasteiger partial charge in [0.05, 0.1) is 12.2 Å². The first-order valence-electron chi connectivity index (χ1n) is 5.12. The Morgan fingerprint density at radius 1 is 1.53 bits per heavy atom. The van der Waals surface area contributed by atoms with Crippen molar-refractivity contribution in [3.63, 3.8) is 0 Å². The van der Waals surface area contributed by atoms with Gasteiger partial charge in [-0.2, -0.15) is 0 Å². The topological polar surface area (TPSA) is 42.0 Å². The molecule has 1 atom stereocenters. The number of nitrogens with one attached hydrogen (secondary N) is 1. The van der Waals surface area contributed by atoms with Crippen molar-refractivity contribution in [1.29, 1.82) is 0 Å². The van der Waals surface area contributed by atoms with Gasteiger partial charge in [0.15, 0.2) is 0 Å². The van der Waals surface area contributed by atoms with E-state index < -0.39 is 0 Å². The molecule has 15 heavy (non-hydrogen) atoms. The zero-order valence-corrected chi connectivity index (χ0v) is 9.23. The molecule has 1 radical (unpaired) electrons. The Morgan fingerprint density at radius 2 is 2.27 bits per heavy atom. The lowest BCUT2D eigenvalue weighted by molar-refractivity contribution is -0.124. The highest BCUT2D eigenvalue weighted by atomic mass is 16.1. The lowest BCUT2D eigenvalue weighted by atomic mass is 9.97. The molecule has 0 aliphatic carbocycles. The molecule has 81 valence electrons. The second kappa shape index (κ2) is 5.49. The summed E-state index contributed by atoms with van der Waals surface area (Å²) >= 11 is 0. The number of pyridine rings is 1. The molecule has 1 aromatic rings. The van der Waals surface area contributed by atoms with Gasteiger partial charge in [-0.3, -0.25) is 9.78 Å². The van der Waals surface area contributed by atoms with E-state index in [1.54, 1.807) is 6.20 Å². The van der Waals surface area contributed by atoms with Gasteiger partial charge >= 0.3 is 0 Å². The van der Waals surface area contributed by atoms with Gasteiger partial charge in [0.1, 0.15) is 0 Å². The smallest absolute Gasteiger partial charge is 0.223 e. The Bertz CT molecular complexity index is 309. The third kappa shape index (κ3) is 3.70. The maximum absolute atomic E-state index is 11.6. The molecule has 0 saturated carbocycles. The highest BCUT2D eigenvalue weighted by Crippen LogP contribution is 2.08. The van der Waals surface area contributed by atoms with Crippen LogP contribution in [-0.4, -0.2) is 10.9 Å². The van der Waals surface area contributed by atoms with Crippen molar-refractivity contribution in [2.75, 3.05) is 0 Å². The highest BCUT2D eigenvalue weighted by Gasteiger charge is 2.15. The second-order valence-electron chi connectivity index (χ2n) is 3.89. The molecule has 1 aromatic heterocycles. The SMILES string of the molecule is [CH2][C@@H](C(=O)NCc1ccccn1)C(C)C. The number of carbonyl (C=O) groups excluding carboxylic acids is 1. The number of aromatic nitrogens is 1. The van der Waals surface area contributed by atoms with Crippen LogP contribution in [0.3, 0.4) is 0 Å². The van der Waals surface area contributed by atoms with E-state index in [1.807, 2.05) is 32.0 Å². The fourth-order valence-corrected chi connectivity index (χ4v) is 1.11. The molecule has 3 nitrogen and oxygen atoms in total. The molecule has 1 rings (SSSR count). The summed E-state index contributed by atoms with van der Waals surface area (Å²) in [5.41, 5.74) is 0.863. The molecule has 0 aliphatic heterocycles. The molecule has 0 unspecified atom stereocenters. The molecule has 0 aromatic carbocycles. The van der Waals surface area contributed by atoms with Crippen molar-refractivity contribution >= 4 is 5.91 Å². The molecule has 1 amide bonds. The van der Waals surface area contributed by atoms with Gasteiger partial charge in [0.2, 0.25) is 5.91 Å². The van der Waals surface area contributed by atoms with Crippen LogP contribution in [0.5, 0.6) is 0 Å². The van der Waals surface area contributed by atoms with Gasteiger partial charge in [0.25, 0.3) is 0 Å². The zero-order chi connectivity index (χ0) is 11.3. The standard InChI is InChI=1S/C12H17N2O/c1-9(2)10(3)12(15)14-8-11-6-4-5-7-13-11/h4-7,9-10H,3,8H2,1-2H3,(H,14,15)/t10-/m1/s1. The monoisotopic (exact) mass is 205 g/mol. The van der Waals surface area contributed by atoms with Gasteiger partial charge in [-0.15, -0.1) is 0 Å². The van der Waals surface area contributed by atoms with Crippen LogP contribution < -0.4 is 5.32 Å². The number of hydrogen-bond acceptors (Lipinski definition) is 2. The van der Waals surface area contributed by atoms with Crippen LogP contribution in [0.2, 0.25) is 0 Å². The summed E-state index contributed by atoms with van der Waals surface area (Å²) in [6, 6.07) is 5.63. The molecule has 1 heterocycles. The summed E-state index contributed by atoms with van der Waals surface area (Å²) in [4.78, 5) is 15.7. The number of hydrogen-bond donors (Lipinski definition) is 1. The predicted molar refractivity (Wildman–Crippen MR) is 59.8 cm³/mol. The minimum absolute atomic E-state index is 0.0179. The van der Waals surface area contributed by atoms with Crippen LogP contribution in [0.4, 0.5) is 0 Å². The van der Waals surface area contributed by atoms with E-state index in [1.165, 1.54) is 0 Å². The molecule has 3 heteroatoms. The van der Waals surface area contributed by atoms with Gasteiger partial charge in [0, 0.05) is 12.1 Å². The Kier molecular flexibility index (Phi) is 4.28. The van der Waals surface area contributed by atoms with Crippen LogP contribution in [-0.2, 0) is 11.3 Å². The lowest BCUT2D eigenvalue weighted by Gasteiger charge is -2.14. The number of carbonyl (C=O) groups is 1. The van der Waals surface area contributed by atoms with Crippen molar-refractivity contribution in [3.8, 4) is 0 Å². The molecule has 0 spiro atoms. The van der Waals surface area contributed by atoms with Crippen molar-refractivity contribution in [1.82, 2.24) is 10.3 Å². The van der Waals surface area contributed by atoms with Crippen LogP contribution >= 0.6 is 0 Å². The van der Waals surface area contributed by atoms with E-state index in [4.69, 9.17) is 0 Å². The Morgan fingerprint density at radius 3 is 2.80 bits per heavy atom. The summed E-state index contributed by atoms with van der Waals surface area (Å²) in [7, 11) is 0. The minimum atomic E-state index is -0.200. The van der Waals surface area contributed by atoms with Crippen molar-refractivity contribution in [2.24, 2.45) is 11.8 Å². The van der Waals surface area contributed by atoms with Crippen molar-refractivity contribution < 1.29 is 4.79 Å². The van der Waals surface area contributed by atoms with Crippen LogP contribution in [0.25, 0.3) is 0 Å². The highest BCUT2D eigenvalue weighted by molar-refractivity contribution is 5.79. The molecular formula is C12H17N2O. The first kappa shape index (κ1) is 11.7. The summed E-state index contributed by atoms with van der Waals surface area (Å²) in [5, 5.41) is 2.82. The number of rotatable bonds is 4. The molecule has 0 aliphatic rings. The fraction of sp³-hybridized carbons (Fsp3) is 0.417. The third-order valence-corrected chi connectivity index (χ3v) is 2.31. The molecule has 0 bridgehead atoms. The summed E-state index contributed by atoms with van der Waals surface area (Å²) < 4.78 is 0. The maximum atomic E-state index is 11.6. The van der Waals surface area contributed by atoms with Crippen LogP contribution in [0.1, 0.15) is 19.5 Å². The van der Waals surface area contributed by atoms with E-state index in [2.05, 4.69) is 17.2 Å². The molecule has 1 N–H and O–H groups in total. The van der Waals surface area contributed by atoms with Crippen LogP contribution in [0, 0.1) is 18.8 Å². The second-order valence-corrected chi connectivity index (χ2v) is 3.89. The summed E-state index contributed by atoms with van der Waals surface area (Å²) in [6.45, 7) is 8.26. The number of nitrogens with zero attached hydrogens (tertiary/aromatic N) is 1. The van der Waals surface area contributed by atoms with E-state index in [0.717, 1.165) is 5.69 Å². The van der Waals surface area contributed by atoms with Gasteiger partial charge in [-0.25, -0.2) is 0 Å². The maximum Gasteiger partial charge on any atom is 0.223 e. The summed E-state index contributed by atoms with van der Waals surface area (Å²) in [6.07, 6.45) is 1.71. The third-order valence-electron chi connectivity index (χ3n) is 2.31. The van der Waals surface area contributed by atoms with Gasteiger partial charge < -0.3 is 5.32 Å². The average Bonchev–Trinajstić information content (AvgIpc) is 2.26. The van der Waals surface area contributed by atoms with Gasteiger partial charge in [-0.1, -0.05) is 19.9 Å². The number of amides is 1. The molecular weight excluding hydrogens is 188 g/mol. The largest absolute Gasteiger partial charge is 0.350 e. The Hall–Kier alpha value is -1.38. The zero-order valence-electron chi connectivity index (χ0n) is 9.23. The Balaban J connectivity index is 2.41. The van der Waals surface area contributed by atoms with E-state index in [-0.39, 0.29) is 17.7 Å². The Labute approximate surface area is 90.9 Å². The molecule has 0 fully saturated rings. The lowest BCUT2D eigenvalue weighted by Crippen LogP contribution is -2.31. The van der Waals surface area contributed by atoms with Crippen molar-refractivity contribution in [2.45, 2.75) is 20.4 Å². The van der Waals surface area contributed by atoms with E-state index in [9.17, 15) is 4.79 Å². The molecule has 0 saturated heterocycles. The first-order valence-corrected chi connectivity index (χ1v) is 5.12. The normalized spacial score (nSPS) is 12.5. The van der Waals surface area contributed by atoms with E-state index in [0.29, 0.717) is 6.54 Å². The van der Waals surface area contributed by atoms with Gasteiger partial charge in [-0.05, 0) is 25.0 Å².